The van der Waals surface area contributed by atoms with Crippen LogP contribution in [0.25, 0.3) is 0 Å². The van der Waals surface area contributed by atoms with Gasteiger partial charge in [-0.2, -0.15) is 0 Å². The fraction of sp³-hybridized carbons (Fsp3) is 0.647. The summed E-state index contributed by atoms with van der Waals surface area (Å²) < 4.78 is 0. The molecule has 108 valence electrons. The van der Waals surface area contributed by atoms with E-state index in [0.717, 1.165) is 19.5 Å². The minimum atomic E-state index is 0.102. The molecule has 0 amide bonds. The Labute approximate surface area is 119 Å². The summed E-state index contributed by atoms with van der Waals surface area (Å²) in [5.41, 5.74) is 10.4. The Morgan fingerprint density at radius 1 is 1.16 bits per heavy atom. The molecule has 0 spiro atoms. The molecule has 1 aromatic carbocycles. The van der Waals surface area contributed by atoms with Crippen molar-refractivity contribution in [3.05, 3.63) is 34.9 Å². The van der Waals surface area contributed by atoms with E-state index >= 15 is 0 Å². The SMILES string of the molecule is CCCN(Cc1c(C)cccc1C)C(C)(CC)CN. The maximum Gasteiger partial charge on any atom is 0.0304 e. The summed E-state index contributed by atoms with van der Waals surface area (Å²) in [6.45, 7) is 14.0. The van der Waals surface area contributed by atoms with Gasteiger partial charge in [-0.05, 0) is 56.8 Å². The Bertz CT molecular complexity index is 374. The van der Waals surface area contributed by atoms with Crippen molar-refractivity contribution >= 4 is 0 Å². The standard InChI is InChI=1S/C17H30N2/c1-6-11-19(17(5,7-2)13-18)12-16-14(3)9-8-10-15(16)4/h8-10H,6-7,11-13,18H2,1-5H3. The second kappa shape index (κ2) is 7.06. The highest BCUT2D eigenvalue weighted by atomic mass is 15.2. The second-order valence-corrected chi connectivity index (χ2v) is 5.85. The number of hydrogen-bond donors (Lipinski definition) is 1. The molecular weight excluding hydrogens is 232 g/mol. The molecule has 1 rings (SSSR count). The van der Waals surface area contributed by atoms with Crippen LogP contribution in [0.5, 0.6) is 0 Å². The first kappa shape index (κ1) is 16.2. The predicted molar refractivity (Wildman–Crippen MR) is 84.4 cm³/mol. The van der Waals surface area contributed by atoms with Crippen LogP contribution in [-0.2, 0) is 6.54 Å². The summed E-state index contributed by atoms with van der Waals surface area (Å²) in [7, 11) is 0. The third-order valence-electron chi connectivity index (χ3n) is 4.45. The molecule has 0 saturated carbocycles. The fourth-order valence-corrected chi connectivity index (χ4v) is 2.60. The highest BCUT2D eigenvalue weighted by Crippen LogP contribution is 2.24. The lowest BCUT2D eigenvalue weighted by molar-refractivity contribution is 0.0968. The molecule has 0 radical (unpaired) electrons. The van der Waals surface area contributed by atoms with Gasteiger partial charge in [0.15, 0.2) is 0 Å². The second-order valence-electron chi connectivity index (χ2n) is 5.85. The lowest BCUT2D eigenvalue weighted by Gasteiger charge is -2.40. The average molecular weight is 262 g/mol. The molecular formula is C17H30N2. The summed E-state index contributed by atoms with van der Waals surface area (Å²) in [4.78, 5) is 2.56. The van der Waals surface area contributed by atoms with Crippen LogP contribution in [0.15, 0.2) is 18.2 Å². The largest absolute Gasteiger partial charge is 0.329 e. The lowest BCUT2D eigenvalue weighted by Crippen LogP contribution is -2.51. The minimum absolute atomic E-state index is 0.102. The highest BCUT2D eigenvalue weighted by Gasteiger charge is 2.28. The molecule has 19 heavy (non-hydrogen) atoms. The summed E-state index contributed by atoms with van der Waals surface area (Å²) >= 11 is 0. The zero-order valence-corrected chi connectivity index (χ0v) is 13.3. The predicted octanol–water partition coefficient (Wildman–Crippen LogP) is 3.64. The minimum Gasteiger partial charge on any atom is -0.329 e. The van der Waals surface area contributed by atoms with E-state index in [-0.39, 0.29) is 5.54 Å². The average Bonchev–Trinajstić information content (AvgIpc) is 2.41. The van der Waals surface area contributed by atoms with Crippen LogP contribution in [-0.4, -0.2) is 23.5 Å². The first-order valence-corrected chi connectivity index (χ1v) is 7.48. The summed E-state index contributed by atoms with van der Waals surface area (Å²) in [5, 5.41) is 0. The van der Waals surface area contributed by atoms with Crippen molar-refractivity contribution in [2.24, 2.45) is 5.73 Å². The number of rotatable bonds is 7. The molecule has 2 N–H and O–H groups in total. The van der Waals surface area contributed by atoms with E-state index in [1.165, 1.54) is 23.1 Å². The van der Waals surface area contributed by atoms with Crippen molar-refractivity contribution < 1.29 is 0 Å². The Balaban J connectivity index is 3.02. The number of hydrogen-bond acceptors (Lipinski definition) is 2. The fourth-order valence-electron chi connectivity index (χ4n) is 2.60. The zero-order valence-electron chi connectivity index (χ0n) is 13.3. The quantitative estimate of drug-likeness (QED) is 0.813. The molecule has 0 bridgehead atoms. The van der Waals surface area contributed by atoms with Gasteiger partial charge in [0, 0.05) is 18.6 Å². The molecule has 0 aliphatic carbocycles. The van der Waals surface area contributed by atoms with Gasteiger partial charge >= 0.3 is 0 Å². The molecule has 2 heteroatoms. The lowest BCUT2D eigenvalue weighted by atomic mass is 9.93. The zero-order chi connectivity index (χ0) is 14.5. The van der Waals surface area contributed by atoms with Crippen molar-refractivity contribution in [3.8, 4) is 0 Å². The van der Waals surface area contributed by atoms with Crippen LogP contribution < -0.4 is 5.73 Å². The van der Waals surface area contributed by atoms with E-state index in [1.54, 1.807) is 0 Å². The monoisotopic (exact) mass is 262 g/mol. The smallest absolute Gasteiger partial charge is 0.0304 e. The number of nitrogens with two attached hydrogens (primary N) is 1. The van der Waals surface area contributed by atoms with Gasteiger partial charge in [-0.25, -0.2) is 0 Å². The molecule has 0 heterocycles. The number of aryl methyl sites for hydroxylation is 2. The van der Waals surface area contributed by atoms with Crippen LogP contribution in [0.3, 0.4) is 0 Å². The summed E-state index contributed by atoms with van der Waals surface area (Å²) in [5.74, 6) is 0. The van der Waals surface area contributed by atoms with Crippen molar-refractivity contribution in [2.75, 3.05) is 13.1 Å². The van der Waals surface area contributed by atoms with Gasteiger partial charge in [-0.3, -0.25) is 4.90 Å². The van der Waals surface area contributed by atoms with Crippen molar-refractivity contribution in [3.63, 3.8) is 0 Å². The van der Waals surface area contributed by atoms with Crippen LogP contribution in [0, 0.1) is 13.8 Å². The molecule has 0 saturated heterocycles. The summed E-state index contributed by atoms with van der Waals surface area (Å²) in [6, 6.07) is 6.55. The van der Waals surface area contributed by atoms with Gasteiger partial charge in [0.1, 0.15) is 0 Å². The first-order chi connectivity index (χ1) is 8.98. The van der Waals surface area contributed by atoms with Crippen molar-refractivity contribution in [1.82, 2.24) is 4.90 Å². The third kappa shape index (κ3) is 3.80. The molecule has 0 fully saturated rings. The maximum atomic E-state index is 6.04. The Morgan fingerprint density at radius 2 is 1.74 bits per heavy atom. The Kier molecular flexibility index (Phi) is 6.02. The van der Waals surface area contributed by atoms with E-state index in [9.17, 15) is 0 Å². The Hall–Kier alpha value is -0.860. The molecule has 1 aromatic rings. The molecule has 0 aromatic heterocycles. The van der Waals surface area contributed by atoms with Crippen LogP contribution >= 0.6 is 0 Å². The van der Waals surface area contributed by atoms with Gasteiger partial charge in [0.25, 0.3) is 0 Å². The van der Waals surface area contributed by atoms with E-state index < -0.39 is 0 Å². The third-order valence-corrected chi connectivity index (χ3v) is 4.45. The van der Waals surface area contributed by atoms with Gasteiger partial charge in [0.2, 0.25) is 0 Å². The number of nitrogens with zero attached hydrogens (tertiary/aromatic N) is 1. The van der Waals surface area contributed by atoms with Crippen molar-refractivity contribution in [2.45, 2.75) is 59.5 Å². The van der Waals surface area contributed by atoms with E-state index in [1.807, 2.05) is 0 Å². The van der Waals surface area contributed by atoms with Crippen molar-refractivity contribution in [1.29, 1.82) is 0 Å². The molecule has 0 aliphatic rings. The Morgan fingerprint density at radius 3 is 2.16 bits per heavy atom. The van der Waals surface area contributed by atoms with Gasteiger partial charge in [-0.15, -0.1) is 0 Å². The molecule has 0 aliphatic heterocycles. The van der Waals surface area contributed by atoms with Crippen LogP contribution in [0.4, 0.5) is 0 Å². The first-order valence-electron chi connectivity index (χ1n) is 7.48. The van der Waals surface area contributed by atoms with E-state index in [2.05, 4.69) is 57.7 Å². The molecule has 2 nitrogen and oxygen atoms in total. The molecule has 1 unspecified atom stereocenters. The topological polar surface area (TPSA) is 29.3 Å². The highest BCUT2D eigenvalue weighted by molar-refractivity contribution is 5.33. The van der Waals surface area contributed by atoms with Gasteiger partial charge in [0.05, 0.1) is 0 Å². The van der Waals surface area contributed by atoms with Crippen LogP contribution in [0.1, 0.15) is 50.3 Å². The van der Waals surface area contributed by atoms with Gasteiger partial charge in [-0.1, -0.05) is 32.0 Å². The number of benzene rings is 1. The maximum absolute atomic E-state index is 6.04. The normalized spacial score (nSPS) is 14.7. The van der Waals surface area contributed by atoms with E-state index in [0.29, 0.717) is 6.54 Å². The van der Waals surface area contributed by atoms with Gasteiger partial charge < -0.3 is 5.73 Å². The summed E-state index contributed by atoms with van der Waals surface area (Å²) in [6.07, 6.45) is 2.26. The van der Waals surface area contributed by atoms with E-state index in [4.69, 9.17) is 5.73 Å². The molecule has 1 atom stereocenters. The van der Waals surface area contributed by atoms with Crippen LogP contribution in [0.2, 0.25) is 0 Å².